The Balaban J connectivity index is 2.07. The standard InChI is InChI=1S/C11H9N5OS/c12-5-1-2-8-3-4-9(13-6-8)10(17)15-11-16-14-7-18-11/h3-4,6-7H,5,12H2,(H,15,16,17). The summed E-state index contributed by atoms with van der Waals surface area (Å²) in [6.45, 7) is 0.291. The van der Waals surface area contributed by atoms with E-state index in [4.69, 9.17) is 5.73 Å². The number of hydrogen-bond acceptors (Lipinski definition) is 6. The maximum Gasteiger partial charge on any atom is 0.276 e. The molecule has 0 saturated heterocycles. The highest BCUT2D eigenvalue weighted by atomic mass is 32.1. The minimum absolute atomic E-state index is 0.291. The molecule has 0 atom stereocenters. The van der Waals surface area contributed by atoms with Crippen molar-refractivity contribution < 1.29 is 4.79 Å². The van der Waals surface area contributed by atoms with Crippen molar-refractivity contribution in [1.82, 2.24) is 15.2 Å². The van der Waals surface area contributed by atoms with Crippen LogP contribution in [0.15, 0.2) is 23.8 Å². The Labute approximate surface area is 107 Å². The molecule has 0 bridgehead atoms. The van der Waals surface area contributed by atoms with Crippen LogP contribution >= 0.6 is 11.3 Å². The zero-order chi connectivity index (χ0) is 12.8. The number of amides is 1. The third-order valence-electron chi connectivity index (χ3n) is 1.91. The van der Waals surface area contributed by atoms with Gasteiger partial charge < -0.3 is 5.73 Å². The predicted molar refractivity (Wildman–Crippen MR) is 68.0 cm³/mol. The molecule has 0 fully saturated rings. The van der Waals surface area contributed by atoms with Crippen molar-refractivity contribution in [3.8, 4) is 11.8 Å². The zero-order valence-corrected chi connectivity index (χ0v) is 10.1. The molecule has 0 unspecified atom stereocenters. The van der Waals surface area contributed by atoms with Gasteiger partial charge in [-0.3, -0.25) is 10.1 Å². The van der Waals surface area contributed by atoms with Gasteiger partial charge in [-0.1, -0.05) is 23.2 Å². The second-order valence-electron chi connectivity index (χ2n) is 3.14. The van der Waals surface area contributed by atoms with E-state index in [1.54, 1.807) is 12.1 Å². The first kappa shape index (κ1) is 12.2. The Hall–Kier alpha value is -2.30. The van der Waals surface area contributed by atoms with Crippen LogP contribution in [-0.2, 0) is 0 Å². The van der Waals surface area contributed by atoms with Gasteiger partial charge in [0.05, 0.1) is 6.54 Å². The monoisotopic (exact) mass is 259 g/mol. The number of pyridine rings is 1. The molecular weight excluding hydrogens is 250 g/mol. The molecule has 7 heteroatoms. The van der Waals surface area contributed by atoms with Gasteiger partial charge in [-0.05, 0) is 12.1 Å². The van der Waals surface area contributed by atoms with Crippen molar-refractivity contribution in [3.05, 3.63) is 35.1 Å². The maximum absolute atomic E-state index is 11.7. The summed E-state index contributed by atoms with van der Waals surface area (Å²) in [4.78, 5) is 15.8. The summed E-state index contributed by atoms with van der Waals surface area (Å²) in [5, 5.41) is 10.4. The largest absolute Gasteiger partial charge is 0.320 e. The second-order valence-corrected chi connectivity index (χ2v) is 3.97. The van der Waals surface area contributed by atoms with Gasteiger partial charge in [0, 0.05) is 11.8 Å². The topological polar surface area (TPSA) is 93.8 Å². The number of nitrogens with one attached hydrogen (secondary N) is 1. The molecule has 0 radical (unpaired) electrons. The molecule has 2 rings (SSSR count). The fraction of sp³-hybridized carbons (Fsp3) is 0.0909. The number of carbonyl (C=O) groups excluding carboxylic acids is 1. The normalized spacial score (nSPS) is 9.39. The van der Waals surface area contributed by atoms with Gasteiger partial charge in [-0.15, -0.1) is 10.2 Å². The second kappa shape index (κ2) is 5.86. The van der Waals surface area contributed by atoms with E-state index in [1.165, 1.54) is 23.0 Å². The molecule has 3 N–H and O–H groups in total. The lowest BCUT2D eigenvalue weighted by molar-refractivity contribution is 0.102. The summed E-state index contributed by atoms with van der Waals surface area (Å²) in [5.41, 5.74) is 7.81. The number of aromatic nitrogens is 3. The van der Waals surface area contributed by atoms with Crippen LogP contribution in [0.5, 0.6) is 0 Å². The van der Waals surface area contributed by atoms with E-state index in [1.807, 2.05) is 0 Å². The molecule has 6 nitrogen and oxygen atoms in total. The highest BCUT2D eigenvalue weighted by Gasteiger charge is 2.08. The summed E-state index contributed by atoms with van der Waals surface area (Å²) in [6.07, 6.45) is 1.53. The van der Waals surface area contributed by atoms with Crippen LogP contribution in [0.1, 0.15) is 16.1 Å². The van der Waals surface area contributed by atoms with Gasteiger partial charge in [-0.25, -0.2) is 4.98 Å². The maximum atomic E-state index is 11.7. The van der Waals surface area contributed by atoms with Crippen molar-refractivity contribution >= 4 is 22.4 Å². The van der Waals surface area contributed by atoms with Gasteiger partial charge >= 0.3 is 0 Å². The van der Waals surface area contributed by atoms with Crippen LogP contribution in [-0.4, -0.2) is 27.6 Å². The third kappa shape index (κ3) is 3.10. The molecule has 18 heavy (non-hydrogen) atoms. The average Bonchev–Trinajstić information content (AvgIpc) is 2.89. The SMILES string of the molecule is NCC#Cc1ccc(C(=O)Nc2nncs2)nc1. The number of hydrogen-bond donors (Lipinski definition) is 2. The van der Waals surface area contributed by atoms with Gasteiger partial charge in [0.2, 0.25) is 5.13 Å². The van der Waals surface area contributed by atoms with Crippen LogP contribution in [0.3, 0.4) is 0 Å². The molecule has 0 spiro atoms. The van der Waals surface area contributed by atoms with E-state index in [-0.39, 0.29) is 5.91 Å². The van der Waals surface area contributed by atoms with Crippen molar-refractivity contribution in [3.63, 3.8) is 0 Å². The van der Waals surface area contributed by atoms with Crippen molar-refractivity contribution in [2.24, 2.45) is 5.73 Å². The Morgan fingerprint density at radius 2 is 2.39 bits per heavy atom. The molecule has 0 aliphatic heterocycles. The Morgan fingerprint density at radius 1 is 1.50 bits per heavy atom. The number of nitrogens with two attached hydrogens (primary N) is 1. The first-order valence-corrected chi connectivity index (χ1v) is 5.90. The van der Waals surface area contributed by atoms with Crippen molar-refractivity contribution in [2.75, 3.05) is 11.9 Å². The lowest BCUT2D eigenvalue weighted by Crippen LogP contribution is -2.13. The third-order valence-corrected chi connectivity index (χ3v) is 2.52. The zero-order valence-electron chi connectivity index (χ0n) is 9.25. The minimum atomic E-state index is -0.329. The first-order chi connectivity index (χ1) is 8.79. The molecule has 2 heterocycles. The van der Waals surface area contributed by atoms with Crippen molar-refractivity contribution in [2.45, 2.75) is 0 Å². The molecule has 0 aliphatic rings. The fourth-order valence-corrected chi connectivity index (χ4v) is 1.58. The smallest absolute Gasteiger partial charge is 0.276 e. The lowest BCUT2D eigenvalue weighted by atomic mass is 10.2. The Bertz CT molecular complexity index is 582. The molecule has 0 aliphatic carbocycles. The minimum Gasteiger partial charge on any atom is -0.320 e. The Morgan fingerprint density at radius 3 is 3.00 bits per heavy atom. The highest BCUT2D eigenvalue weighted by molar-refractivity contribution is 7.13. The molecule has 90 valence electrons. The lowest BCUT2D eigenvalue weighted by Gasteiger charge is -1.99. The summed E-state index contributed by atoms with van der Waals surface area (Å²) in [7, 11) is 0. The molecule has 1 amide bonds. The van der Waals surface area contributed by atoms with Gasteiger partial charge in [-0.2, -0.15) is 0 Å². The summed E-state index contributed by atoms with van der Waals surface area (Å²) in [5.74, 6) is 5.21. The van der Waals surface area contributed by atoms with Gasteiger partial charge in [0.1, 0.15) is 11.2 Å². The van der Waals surface area contributed by atoms with Gasteiger partial charge in [0.25, 0.3) is 5.91 Å². The summed E-state index contributed by atoms with van der Waals surface area (Å²) >= 11 is 1.24. The number of nitrogens with zero attached hydrogens (tertiary/aromatic N) is 3. The van der Waals surface area contributed by atoms with E-state index >= 15 is 0 Å². The van der Waals surface area contributed by atoms with E-state index < -0.39 is 0 Å². The average molecular weight is 259 g/mol. The van der Waals surface area contributed by atoms with Crippen LogP contribution in [0.2, 0.25) is 0 Å². The van der Waals surface area contributed by atoms with Crippen LogP contribution < -0.4 is 11.1 Å². The highest BCUT2D eigenvalue weighted by Crippen LogP contribution is 2.09. The van der Waals surface area contributed by atoms with E-state index in [2.05, 4.69) is 32.3 Å². The van der Waals surface area contributed by atoms with Crippen LogP contribution in [0.4, 0.5) is 5.13 Å². The quantitative estimate of drug-likeness (QED) is 0.766. The van der Waals surface area contributed by atoms with Crippen LogP contribution in [0.25, 0.3) is 0 Å². The Kier molecular flexibility index (Phi) is 3.96. The molecule has 0 aromatic carbocycles. The van der Waals surface area contributed by atoms with E-state index in [0.717, 1.165) is 0 Å². The van der Waals surface area contributed by atoms with Crippen LogP contribution in [0, 0.1) is 11.8 Å². The summed E-state index contributed by atoms with van der Waals surface area (Å²) < 4.78 is 0. The van der Waals surface area contributed by atoms with Gasteiger partial charge in [0.15, 0.2) is 0 Å². The van der Waals surface area contributed by atoms with E-state index in [0.29, 0.717) is 22.9 Å². The molecule has 2 aromatic rings. The summed E-state index contributed by atoms with van der Waals surface area (Å²) in [6, 6.07) is 3.31. The molecule has 0 saturated carbocycles. The predicted octanol–water partition coefficient (Wildman–Crippen LogP) is 0.496. The molecule has 2 aromatic heterocycles. The fourth-order valence-electron chi connectivity index (χ4n) is 1.14. The number of carbonyl (C=O) groups is 1. The van der Waals surface area contributed by atoms with E-state index in [9.17, 15) is 4.79 Å². The van der Waals surface area contributed by atoms with Crippen molar-refractivity contribution in [1.29, 1.82) is 0 Å². The first-order valence-electron chi connectivity index (χ1n) is 5.02. The number of rotatable bonds is 2. The number of anilines is 1. The molecular formula is C11H9N5OS.